The average Bonchev–Trinajstić information content (AvgIpc) is 3.42. The summed E-state index contributed by atoms with van der Waals surface area (Å²) in [5.41, 5.74) is 0.871. The molecular formula is C20H21N5O2S. The zero-order valence-electron chi connectivity index (χ0n) is 15.4. The summed E-state index contributed by atoms with van der Waals surface area (Å²) < 4.78 is 6.54. The maximum absolute atomic E-state index is 12.9. The number of fused-ring (bicyclic) bond motifs is 3. The van der Waals surface area contributed by atoms with Crippen molar-refractivity contribution in [3.8, 4) is 0 Å². The van der Waals surface area contributed by atoms with Crippen LogP contribution in [-0.2, 0) is 4.74 Å². The zero-order valence-corrected chi connectivity index (χ0v) is 16.2. The molecule has 5 rings (SSSR count). The molecule has 0 radical (unpaired) electrons. The molecule has 8 heteroatoms. The molecule has 2 aromatic heterocycles. The number of nitrogens with zero attached hydrogens (tertiary/aromatic N) is 3. The molecule has 144 valence electrons. The van der Waals surface area contributed by atoms with Crippen LogP contribution in [0, 0.1) is 0 Å². The van der Waals surface area contributed by atoms with Crippen molar-refractivity contribution in [2.24, 2.45) is 0 Å². The average molecular weight is 395 g/mol. The van der Waals surface area contributed by atoms with E-state index in [0.717, 1.165) is 58.5 Å². The van der Waals surface area contributed by atoms with Crippen molar-refractivity contribution in [1.82, 2.24) is 20.2 Å². The topological polar surface area (TPSA) is 79.4 Å². The van der Waals surface area contributed by atoms with Crippen molar-refractivity contribution in [2.45, 2.75) is 12.5 Å². The highest BCUT2D eigenvalue weighted by atomic mass is 32.1. The minimum atomic E-state index is 0.106. The van der Waals surface area contributed by atoms with Crippen LogP contribution in [0.4, 0.5) is 5.95 Å². The smallest absolute Gasteiger partial charge is 0.264 e. The van der Waals surface area contributed by atoms with E-state index in [1.807, 2.05) is 35.4 Å². The number of nitrogens with one attached hydrogen (secondary N) is 2. The molecule has 28 heavy (non-hydrogen) atoms. The van der Waals surface area contributed by atoms with Crippen LogP contribution in [0.1, 0.15) is 16.1 Å². The number of carbonyl (C=O) groups is 1. The molecular weight excluding hydrogens is 374 g/mol. The van der Waals surface area contributed by atoms with E-state index < -0.39 is 0 Å². The number of aromatic nitrogens is 2. The second kappa shape index (κ2) is 7.37. The number of hydrogen-bond donors (Lipinski definition) is 2. The van der Waals surface area contributed by atoms with E-state index >= 15 is 0 Å². The Labute approximate surface area is 166 Å². The number of piperazine rings is 1. The van der Waals surface area contributed by atoms with Gasteiger partial charge in [0.1, 0.15) is 6.10 Å². The van der Waals surface area contributed by atoms with Crippen molar-refractivity contribution >= 4 is 44.2 Å². The first-order chi connectivity index (χ1) is 13.8. The number of ether oxygens (including phenoxy) is 1. The van der Waals surface area contributed by atoms with Crippen LogP contribution in [0.25, 0.3) is 21.0 Å². The van der Waals surface area contributed by atoms with Crippen LogP contribution in [0.15, 0.2) is 36.7 Å². The van der Waals surface area contributed by atoms with Crippen molar-refractivity contribution in [3.63, 3.8) is 0 Å². The lowest BCUT2D eigenvalue weighted by atomic mass is 10.1. The summed E-state index contributed by atoms with van der Waals surface area (Å²) in [6.07, 6.45) is 6.60. The lowest BCUT2D eigenvalue weighted by Gasteiger charge is -2.26. The SMILES string of the molecule is O=C(c1cc2c(ccc3cnc(NCC4CC=CO4)nc32)s1)N1CCNCC1. The molecule has 2 aliphatic rings. The molecule has 7 nitrogen and oxygen atoms in total. The molecule has 0 spiro atoms. The van der Waals surface area contributed by atoms with Crippen LogP contribution in [-0.4, -0.2) is 59.6 Å². The third kappa shape index (κ3) is 3.29. The van der Waals surface area contributed by atoms with Crippen molar-refractivity contribution in [2.75, 3.05) is 38.0 Å². The molecule has 1 atom stereocenters. The third-order valence-electron chi connectivity index (χ3n) is 5.12. The summed E-state index contributed by atoms with van der Waals surface area (Å²) in [5, 5.41) is 8.51. The Balaban J connectivity index is 1.44. The van der Waals surface area contributed by atoms with Gasteiger partial charge in [0, 0.05) is 54.3 Å². The van der Waals surface area contributed by atoms with Gasteiger partial charge in [0.05, 0.1) is 23.2 Å². The molecule has 3 aromatic rings. The maximum atomic E-state index is 12.9. The Hall–Kier alpha value is -2.71. The van der Waals surface area contributed by atoms with Crippen LogP contribution in [0.5, 0.6) is 0 Å². The van der Waals surface area contributed by atoms with Gasteiger partial charge in [-0.15, -0.1) is 11.3 Å². The monoisotopic (exact) mass is 395 g/mol. The van der Waals surface area contributed by atoms with Gasteiger partial charge in [-0.05, 0) is 24.3 Å². The molecule has 1 unspecified atom stereocenters. The van der Waals surface area contributed by atoms with Gasteiger partial charge in [0.25, 0.3) is 5.91 Å². The number of hydrogen-bond acceptors (Lipinski definition) is 7. The Morgan fingerprint density at radius 3 is 3.07 bits per heavy atom. The van der Waals surface area contributed by atoms with Crippen molar-refractivity contribution in [1.29, 1.82) is 0 Å². The first kappa shape index (κ1) is 17.4. The second-order valence-electron chi connectivity index (χ2n) is 7.01. The van der Waals surface area contributed by atoms with E-state index in [-0.39, 0.29) is 12.0 Å². The Kier molecular flexibility index (Phi) is 4.58. The molecule has 1 aromatic carbocycles. The highest BCUT2D eigenvalue weighted by Gasteiger charge is 2.21. The predicted molar refractivity (Wildman–Crippen MR) is 111 cm³/mol. The number of amides is 1. The normalized spacial score (nSPS) is 19.3. The molecule has 2 N–H and O–H groups in total. The van der Waals surface area contributed by atoms with Crippen LogP contribution < -0.4 is 10.6 Å². The highest BCUT2D eigenvalue weighted by Crippen LogP contribution is 2.32. The van der Waals surface area contributed by atoms with Crippen LogP contribution in [0.2, 0.25) is 0 Å². The van der Waals surface area contributed by atoms with Gasteiger partial charge in [-0.2, -0.15) is 0 Å². The first-order valence-electron chi connectivity index (χ1n) is 9.51. The summed E-state index contributed by atoms with van der Waals surface area (Å²) in [4.78, 5) is 24.7. The summed E-state index contributed by atoms with van der Waals surface area (Å²) in [6, 6.07) is 6.04. The largest absolute Gasteiger partial charge is 0.496 e. The number of anilines is 1. The summed E-state index contributed by atoms with van der Waals surface area (Å²) >= 11 is 1.53. The third-order valence-corrected chi connectivity index (χ3v) is 6.20. The Bertz CT molecular complexity index is 1050. The number of carbonyl (C=O) groups excluding carboxylic acids is 1. The van der Waals surface area contributed by atoms with Gasteiger partial charge < -0.3 is 20.3 Å². The number of rotatable bonds is 4. The first-order valence-corrected chi connectivity index (χ1v) is 10.3. The highest BCUT2D eigenvalue weighted by molar-refractivity contribution is 7.21. The number of benzene rings is 1. The summed E-state index contributed by atoms with van der Waals surface area (Å²) in [6.45, 7) is 3.86. The van der Waals surface area contributed by atoms with Gasteiger partial charge in [0.2, 0.25) is 5.95 Å². The number of thiophene rings is 1. The van der Waals surface area contributed by atoms with Crippen molar-refractivity contribution in [3.05, 3.63) is 41.6 Å². The van der Waals surface area contributed by atoms with Gasteiger partial charge >= 0.3 is 0 Å². The van der Waals surface area contributed by atoms with E-state index in [4.69, 9.17) is 9.72 Å². The lowest BCUT2D eigenvalue weighted by molar-refractivity contribution is 0.0741. The van der Waals surface area contributed by atoms with E-state index in [9.17, 15) is 4.79 Å². The minimum absolute atomic E-state index is 0.106. The van der Waals surface area contributed by atoms with Gasteiger partial charge in [0.15, 0.2) is 0 Å². The van der Waals surface area contributed by atoms with E-state index in [2.05, 4.69) is 15.6 Å². The van der Waals surface area contributed by atoms with Crippen molar-refractivity contribution < 1.29 is 9.53 Å². The van der Waals surface area contributed by atoms with E-state index in [1.165, 1.54) is 11.3 Å². The molecule has 0 aliphatic carbocycles. The molecule has 1 saturated heterocycles. The summed E-state index contributed by atoms with van der Waals surface area (Å²) in [7, 11) is 0. The fourth-order valence-electron chi connectivity index (χ4n) is 3.59. The zero-order chi connectivity index (χ0) is 18.9. The molecule has 0 bridgehead atoms. The quantitative estimate of drug-likeness (QED) is 0.707. The van der Waals surface area contributed by atoms with Crippen LogP contribution >= 0.6 is 11.3 Å². The van der Waals surface area contributed by atoms with Gasteiger partial charge in [-0.1, -0.05) is 0 Å². The molecule has 4 heterocycles. The minimum Gasteiger partial charge on any atom is -0.496 e. The fourth-order valence-corrected chi connectivity index (χ4v) is 4.62. The maximum Gasteiger partial charge on any atom is 0.264 e. The summed E-state index contributed by atoms with van der Waals surface area (Å²) in [5.74, 6) is 0.686. The standard InChI is InChI=1S/C20H21N5O2S/c26-19(25-7-5-21-6-8-25)17-10-15-16(28-17)4-3-13-11-22-20(24-18(13)15)23-12-14-2-1-9-27-14/h1,3-4,9-11,14,21H,2,5-8,12H2,(H,22,23,24). The molecule has 1 amide bonds. The predicted octanol–water partition coefficient (Wildman–Crippen LogP) is 2.60. The Morgan fingerprint density at radius 2 is 2.25 bits per heavy atom. The lowest BCUT2D eigenvalue weighted by Crippen LogP contribution is -2.46. The van der Waals surface area contributed by atoms with Gasteiger partial charge in [-0.25, -0.2) is 9.97 Å². The van der Waals surface area contributed by atoms with Crippen LogP contribution in [0.3, 0.4) is 0 Å². The fraction of sp³-hybridized carbons (Fsp3) is 0.350. The van der Waals surface area contributed by atoms with E-state index in [1.54, 1.807) is 6.26 Å². The van der Waals surface area contributed by atoms with E-state index in [0.29, 0.717) is 12.5 Å². The molecule has 1 fully saturated rings. The molecule has 2 aliphatic heterocycles. The second-order valence-corrected chi connectivity index (χ2v) is 8.09. The van der Waals surface area contributed by atoms with Gasteiger partial charge in [-0.3, -0.25) is 4.79 Å². The Morgan fingerprint density at radius 1 is 1.36 bits per heavy atom. The molecule has 0 saturated carbocycles.